The Kier molecular flexibility index (Phi) is 3.90. The van der Waals surface area contributed by atoms with Crippen molar-refractivity contribution in [3.63, 3.8) is 0 Å². The number of hydrogen-bond acceptors (Lipinski definition) is 2. The molecule has 2 aromatic rings. The molecule has 1 atom stereocenters. The minimum Gasteiger partial charge on any atom is -0.316 e. The van der Waals surface area contributed by atoms with Crippen LogP contribution in [0.3, 0.4) is 0 Å². The Morgan fingerprint density at radius 2 is 2.00 bits per heavy atom. The maximum Gasteiger partial charge on any atom is 0.0410 e. The summed E-state index contributed by atoms with van der Waals surface area (Å²) in [7, 11) is 2.07. The van der Waals surface area contributed by atoms with E-state index in [4.69, 9.17) is 0 Å². The molecule has 20 heavy (non-hydrogen) atoms. The molecule has 2 nitrogen and oxygen atoms in total. The number of rotatable bonds is 5. The zero-order valence-corrected chi connectivity index (χ0v) is 13.2. The predicted octanol–water partition coefficient (Wildman–Crippen LogP) is 3.71. The molecule has 0 spiro atoms. The van der Waals surface area contributed by atoms with Gasteiger partial charge in [-0.2, -0.15) is 0 Å². The highest BCUT2D eigenvalue weighted by molar-refractivity contribution is 9.10. The summed E-state index contributed by atoms with van der Waals surface area (Å²) >= 11 is 3.50. The van der Waals surface area contributed by atoms with Gasteiger partial charge in [-0.15, -0.1) is 0 Å². The van der Waals surface area contributed by atoms with Crippen LogP contribution < -0.4 is 5.32 Å². The quantitative estimate of drug-likeness (QED) is 0.903. The second-order valence-electron chi connectivity index (χ2n) is 5.58. The second kappa shape index (κ2) is 5.66. The van der Waals surface area contributed by atoms with E-state index >= 15 is 0 Å². The summed E-state index contributed by atoms with van der Waals surface area (Å²) in [5.74, 6) is 0. The molecule has 1 unspecified atom stereocenters. The van der Waals surface area contributed by atoms with Crippen LogP contribution in [0.5, 0.6) is 0 Å². The van der Waals surface area contributed by atoms with Gasteiger partial charge in [-0.1, -0.05) is 30.3 Å². The summed E-state index contributed by atoms with van der Waals surface area (Å²) in [4.78, 5) is 4.27. The van der Waals surface area contributed by atoms with E-state index in [1.54, 1.807) is 0 Å². The van der Waals surface area contributed by atoms with Crippen LogP contribution in [0.2, 0.25) is 0 Å². The number of likely N-dealkylation sites (N-methyl/N-ethyl adjacent to an activating group) is 1. The molecular formula is C17H19BrN2. The number of halogens is 1. The number of hydrogen-bond donors (Lipinski definition) is 1. The Hall–Kier alpha value is -1.19. The third-order valence-corrected chi connectivity index (χ3v) is 4.79. The van der Waals surface area contributed by atoms with Crippen molar-refractivity contribution in [2.75, 3.05) is 7.05 Å². The van der Waals surface area contributed by atoms with Gasteiger partial charge in [0.1, 0.15) is 0 Å². The van der Waals surface area contributed by atoms with Gasteiger partial charge in [0.05, 0.1) is 0 Å². The number of nitrogens with zero attached hydrogens (tertiary/aromatic N) is 1. The fraction of sp³-hybridized carbons (Fsp3) is 0.353. The summed E-state index contributed by atoms with van der Waals surface area (Å²) in [6.07, 6.45) is 7.35. The van der Waals surface area contributed by atoms with Crippen LogP contribution in [0.4, 0.5) is 0 Å². The maximum absolute atomic E-state index is 4.27. The van der Waals surface area contributed by atoms with Crippen molar-refractivity contribution in [2.24, 2.45) is 0 Å². The van der Waals surface area contributed by atoms with Crippen LogP contribution in [-0.4, -0.2) is 18.1 Å². The molecule has 1 heterocycles. The first kappa shape index (κ1) is 13.8. The van der Waals surface area contributed by atoms with E-state index in [9.17, 15) is 0 Å². The van der Waals surface area contributed by atoms with Crippen molar-refractivity contribution < 1.29 is 0 Å². The van der Waals surface area contributed by atoms with Crippen molar-refractivity contribution in [3.05, 3.63) is 64.4 Å². The van der Waals surface area contributed by atoms with Gasteiger partial charge in [-0.05, 0) is 59.4 Å². The monoisotopic (exact) mass is 330 g/mol. The molecule has 1 aromatic heterocycles. The SMILES string of the molecule is CNC(Cc1cncc(Br)c1)C1(c2ccccc2)CC1. The fourth-order valence-corrected chi connectivity index (χ4v) is 3.53. The Morgan fingerprint density at radius 1 is 1.25 bits per heavy atom. The molecule has 0 bridgehead atoms. The zero-order valence-electron chi connectivity index (χ0n) is 11.6. The lowest BCUT2D eigenvalue weighted by atomic mass is 9.85. The average molecular weight is 331 g/mol. The topological polar surface area (TPSA) is 24.9 Å². The maximum atomic E-state index is 4.27. The lowest BCUT2D eigenvalue weighted by molar-refractivity contribution is 0.442. The van der Waals surface area contributed by atoms with E-state index < -0.39 is 0 Å². The van der Waals surface area contributed by atoms with Crippen LogP contribution in [0.15, 0.2) is 53.3 Å². The minimum absolute atomic E-state index is 0.304. The molecular weight excluding hydrogens is 312 g/mol. The van der Waals surface area contributed by atoms with E-state index in [-0.39, 0.29) is 0 Å². The van der Waals surface area contributed by atoms with Gasteiger partial charge in [0.25, 0.3) is 0 Å². The summed E-state index contributed by atoms with van der Waals surface area (Å²) in [6.45, 7) is 0. The standard InChI is InChI=1S/C17H19BrN2/c1-19-16(10-13-9-15(18)12-20-11-13)17(7-8-17)14-5-3-2-4-6-14/h2-6,9,11-12,16,19H,7-8,10H2,1H3. The lowest BCUT2D eigenvalue weighted by Crippen LogP contribution is -2.39. The lowest BCUT2D eigenvalue weighted by Gasteiger charge is -2.27. The minimum atomic E-state index is 0.304. The van der Waals surface area contributed by atoms with Crippen molar-refractivity contribution in [1.82, 2.24) is 10.3 Å². The summed E-state index contributed by atoms with van der Waals surface area (Å²) < 4.78 is 1.05. The molecule has 104 valence electrons. The van der Waals surface area contributed by atoms with Crippen molar-refractivity contribution in [2.45, 2.75) is 30.7 Å². The highest BCUT2D eigenvalue weighted by Crippen LogP contribution is 2.51. The average Bonchev–Trinajstić information content (AvgIpc) is 3.27. The molecule has 1 N–H and O–H groups in total. The van der Waals surface area contributed by atoms with Gasteiger partial charge >= 0.3 is 0 Å². The Morgan fingerprint density at radius 3 is 2.60 bits per heavy atom. The predicted molar refractivity (Wildman–Crippen MR) is 85.8 cm³/mol. The van der Waals surface area contributed by atoms with E-state index in [1.807, 2.05) is 12.4 Å². The largest absolute Gasteiger partial charge is 0.316 e. The number of pyridine rings is 1. The van der Waals surface area contributed by atoms with Crippen molar-refractivity contribution in [1.29, 1.82) is 0 Å². The highest BCUT2D eigenvalue weighted by Gasteiger charge is 2.49. The van der Waals surface area contributed by atoms with Crippen molar-refractivity contribution in [3.8, 4) is 0 Å². The summed E-state index contributed by atoms with van der Waals surface area (Å²) in [6, 6.07) is 13.5. The Bertz CT molecular complexity index is 579. The van der Waals surface area contributed by atoms with Crippen LogP contribution in [0.25, 0.3) is 0 Å². The summed E-state index contributed by atoms with van der Waals surface area (Å²) in [5, 5.41) is 3.53. The number of benzene rings is 1. The highest BCUT2D eigenvalue weighted by atomic mass is 79.9. The normalized spacial score (nSPS) is 17.7. The van der Waals surface area contributed by atoms with Gasteiger partial charge in [-0.25, -0.2) is 0 Å². The van der Waals surface area contributed by atoms with E-state index in [0.29, 0.717) is 11.5 Å². The van der Waals surface area contributed by atoms with Crippen LogP contribution in [0.1, 0.15) is 24.0 Å². The number of aromatic nitrogens is 1. The first-order valence-electron chi connectivity index (χ1n) is 7.07. The number of nitrogens with one attached hydrogen (secondary N) is 1. The molecule has 1 aromatic carbocycles. The molecule has 1 saturated carbocycles. The Balaban J connectivity index is 1.84. The third kappa shape index (κ3) is 2.65. The van der Waals surface area contributed by atoms with Crippen LogP contribution >= 0.6 is 15.9 Å². The van der Waals surface area contributed by atoms with E-state index in [1.165, 1.54) is 24.0 Å². The van der Waals surface area contributed by atoms with Gasteiger partial charge < -0.3 is 5.32 Å². The molecule has 0 radical (unpaired) electrons. The zero-order chi connectivity index (χ0) is 14.0. The van der Waals surface area contributed by atoms with E-state index in [0.717, 1.165) is 10.9 Å². The molecule has 3 heteroatoms. The van der Waals surface area contributed by atoms with Crippen LogP contribution in [-0.2, 0) is 11.8 Å². The van der Waals surface area contributed by atoms with E-state index in [2.05, 4.69) is 69.7 Å². The van der Waals surface area contributed by atoms with Crippen molar-refractivity contribution >= 4 is 15.9 Å². The third-order valence-electron chi connectivity index (χ3n) is 4.35. The van der Waals surface area contributed by atoms with Gasteiger partial charge in [-0.3, -0.25) is 4.98 Å². The molecule has 0 aliphatic heterocycles. The van der Waals surface area contributed by atoms with Gasteiger partial charge in [0.2, 0.25) is 0 Å². The Labute approximate surface area is 128 Å². The van der Waals surface area contributed by atoms with Gasteiger partial charge in [0.15, 0.2) is 0 Å². The molecule has 0 saturated heterocycles. The molecule has 1 aliphatic carbocycles. The van der Waals surface area contributed by atoms with Gasteiger partial charge in [0, 0.05) is 28.3 Å². The molecule has 3 rings (SSSR count). The fourth-order valence-electron chi connectivity index (χ4n) is 3.12. The molecule has 1 aliphatic rings. The molecule has 1 fully saturated rings. The molecule has 0 amide bonds. The van der Waals surface area contributed by atoms with Crippen LogP contribution in [0, 0.1) is 0 Å². The smallest absolute Gasteiger partial charge is 0.0410 e. The first-order valence-corrected chi connectivity index (χ1v) is 7.86. The first-order chi connectivity index (χ1) is 9.74. The second-order valence-corrected chi connectivity index (χ2v) is 6.49. The summed E-state index contributed by atoms with van der Waals surface area (Å²) in [5.41, 5.74) is 3.04.